The number of phenolic OH excluding ortho intramolecular Hbond substituents is 1. The highest BCUT2D eigenvalue weighted by molar-refractivity contribution is 6.13. The van der Waals surface area contributed by atoms with Gasteiger partial charge in [0.05, 0.1) is 11.7 Å². The molecule has 0 aromatic heterocycles. The Bertz CT molecular complexity index is 963. The third-order valence-corrected chi connectivity index (χ3v) is 6.18. The van der Waals surface area contributed by atoms with Crippen LogP contribution in [0.1, 0.15) is 25.8 Å². The zero-order chi connectivity index (χ0) is 19.3. The molecule has 0 amide bonds. The minimum atomic E-state index is -0.863. The lowest BCUT2D eigenvalue weighted by atomic mass is 9.53. The van der Waals surface area contributed by atoms with Gasteiger partial charge in [0.25, 0.3) is 0 Å². The van der Waals surface area contributed by atoms with Gasteiger partial charge in [-0.3, -0.25) is 9.59 Å². The number of ketones is 2. The maximum atomic E-state index is 13.3. The van der Waals surface area contributed by atoms with E-state index in [9.17, 15) is 14.7 Å². The summed E-state index contributed by atoms with van der Waals surface area (Å²) < 4.78 is 5.81. The van der Waals surface area contributed by atoms with E-state index < -0.39 is 5.41 Å². The molecule has 1 aliphatic heterocycles. The van der Waals surface area contributed by atoms with Crippen molar-refractivity contribution in [2.45, 2.75) is 26.7 Å². The monoisotopic (exact) mass is 362 g/mol. The van der Waals surface area contributed by atoms with E-state index in [0.29, 0.717) is 24.2 Å². The zero-order valence-electron chi connectivity index (χ0n) is 15.5. The molecule has 3 unspecified atom stereocenters. The van der Waals surface area contributed by atoms with Gasteiger partial charge in [0.1, 0.15) is 11.5 Å². The molecule has 27 heavy (non-hydrogen) atoms. The molecule has 1 aromatic carbocycles. The topological polar surface area (TPSA) is 63.6 Å². The first kappa shape index (κ1) is 17.5. The van der Waals surface area contributed by atoms with Crippen molar-refractivity contribution >= 4 is 11.6 Å². The third kappa shape index (κ3) is 2.51. The third-order valence-electron chi connectivity index (χ3n) is 6.18. The summed E-state index contributed by atoms with van der Waals surface area (Å²) in [6.45, 7) is 7.54. The van der Waals surface area contributed by atoms with Crippen LogP contribution >= 0.6 is 0 Å². The Labute approximate surface area is 158 Å². The van der Waals surface area contributed by atoms with Crippen LogP contribution in [0.2, 0.25) is 0 Å². The second kappa shape index (κ2) is 6.08. The SMILES string of the molecule is C=CC1=CCC2C(=O)C=C(C)C(=O)C2(C)C1C1=COc2ccc(O)cc2C1. The van der Waals surface area contributed by atoms with Crippen molar-refractivity contribution in [1.29, 1.82) is 0 Å². The number of carbonyl (C=O) groups is 2. The maximum absolute atomic E-state index is 13.3. The largest absolute Gasteiger partial charge is 0.508 e. The molecule has 4 rings (SSSR count). The molecule has 4 heteroatoms. The molecule has 1 aromatic rings. The van der Waals surface area contributed by atoms with Gasteiger partial charge >= 0.3 is 0 Å². The number of aromatic hydroxyl groups is 1. The molecule has 1 N–H and O–H groups in total. The van der Waals surface area contributed by atoms with Crippen LogP contribution in [0.15, 0.2) is 66.0 Å². The molecule has 4 nitrogen and oxygen atoms in total. The number of hydrogen-bond donors (Lipinski definition) is 1. The van der Waals surface area contributed by atoms with Crippen LogP contribution in [-0.2, 0) is 16.0 Å². The summed E-state index contributed by atoms with van der Waals surface area (Å²) in [6.07, 6.45) is 8.05. The molecule has 0 radical (unpaired) electrons. The molecule has 0 fully saturated rings. The quantitative estimate of drug-likeness (QED) is 0.862. The number of ether oxygens (including phenoxy) is 1. The predicted octanol–water partition coefficient (Wildman–Crippen LogP) is 4.06. The number of rotatable bonds is 2. The average Bonchev–Trinajstić information content (AvgIpc) is 2.65. The lowest BCUT2D eigenvalue weighted by Gasteiger charge is -2.48. The zero-order valence-corrected chi connectivity index (χ0v) is 15.5. The first-order chi connectivity index (χ1) is 12.9. The van der Waals surface area contributed by atoms with Gasteiger partial charge in [-0.25, -0.2) is 0 Å². The van der Waals surface area contributed by atoms with E-state index in [1.165, 1.54) is 6.08 Å². The highest BCUT2D eigenvalue weighted by Gasteiger charge is 2.55. The number of fused-ring (bicyclic) bond motifs is 2. The molecule has 3 atom stereocenters. The van der Waals surface area contributed by atoms with Crippen LogP contribution in [0, 0.1) is 17.3 Å². The van der Waals surface area contributed by atoms with E-state index in [1.54, 1.807) is 37.5 Å². The molecular formula is C23H22O4. The van der Waals surface area contributed by atoms with E-state index >= 15 is 0 Å². The molecule has 3 aliphatic rings. The van der Waals surface area contributed by atoms with Gasteiger partial charge in [-0.05, 0) is 54.3 Å². The number of Topliss-reactive ketones (excluding diaryl/α,β-unsaturated/α-hetero) is 1. The summed E-state index contributed by atoms with van der Waals surface area (Å²) in [5.41, 5.74) is 2.37. The van der Waals surface area contributed by atoms with E-state index in [0.717, 1.165) is 16.7 Å². The standard InChI is InChI=1S/C23H22O4/c1-4-14-5-7-18-19(25)9-13(2)22(26)23(18,3)21(14)16-10-15-11-17(24)6-8-20(15)27-12-16/h4-6,8-9,11-12,18,21,24H,1,7,10H2,2-3H3. The van der Waals surface area contributed by atoms with Gasteiger partial charge < -0.3 is 9.84 Å². The average molecular weight is 362 g/mol. The van der Waals surface area contributed by atoms with Gasteiger partial charge in [0, 0.05) is 23.8 Å². The van der Waals surface area contributed by atoms with Crippen LogP contribution < -0.4 is 4.74 Å². The second-order valence-corrected chi connectivity index (χ2v) is 7.75. The molecule has 2 aliphatic carbocycles. The van der Waals surface area contributed by atoms with Crippen molar-refractivity contribution in [3.8, 4) is 11.5 Å². The Morgan fingerprint density at radius 2 is 2.11 bits per heavy atom. The van der Waals surface area contributed by atoms with Crippen LogP contribution in [0.5, 0.6) is 11.5 Å². The maximum Gasteiger partial charge on any atom is 0.166 e. The lowest BCUT2D eigenvalue weighted by Crippen LogP contribution is -2.51. The minimum absolute atomic E-state index is 0.00663. The lowest BCUT2D eigenvalue weighted by molar-refractivity contribution is -0.138. The van der Waals surface area contributed by atoms with Crippen molar-refractivity contribution in [3.05, 3.63) is 71.6 Å². The molecule has 138 valence electrons. The van der Waals surface area contributed by atoms with E-state index in [1.807, 2.05) is 13.0 Å². The Balaban J connectivity index is 1.83. The summed E-state index contributed by atoms with van der Waals surface area (Å²) in [7, 11) is 0. The highest BCUT2D eigenvalue weighted by Crippen LogP contribution is 2.54. The normalized spacial score (nSPS) is 29.6. The van der Waals surface area contributed by atoms with Gasteiger partial charge in [0.15, 0.2) is 11.6 Å². The summed E-state index contributed by atoms with van der Waals surface area (Å²) >= 11 is 0. The van der Waals surface area contributed by atoms with Crippen LogP contribution in [0.4, 0.5) is 0 Å². The smallest absolute Gasteiger partial charge is 0.166 e. The number of benzene rings is 1. The van der Waals surface area contributed by atoms with Crippen LogP contribution in [-0.4, -0.2) is 16.7 Å². The van der Waals surface area contributed by atoms with E-state index in [4.69, 9.17) is 4.74 Å². The molecule has 1 heterocycles. The summed E-state index contributed by atoms with van der Waals surface area (Å²) in [5.74, 6) is 0.216. The van der Waals surface area contributed by atoms with Crippen molar-refractivity contribution in [2.24, 2.45) is 17.3 Å². The number of phenols is 1. The minimum Gasteiger partial charge on any atom is -0.508 e. The van der Waals surface area contributed by atoms with Gasteiger partial charge in [-0.15, -0.1) is 0 Å². The van der Waals surface area contributed by atoms with Crippen molar-refractivity contribution in [3.63, 3.8) is 0 Å². The molecule has 0 saturated heterocycles. The fraction of sp³-hybridized carbons (Fsp3) is 0.304. The molecule has 0 saturated carbocycles. The summed E-state index contributed by atoms with van der Waals surface area (Å²) in [4.78, 5) is 25.9. The van der Waals surface area contributed by atoms with Crippen molar-refractivity contribution in [2.75, 3.05) is 0 Å². The van der Waals surface area contributed by atoms with E-state index in [2.05, 4.69) is 6.58 Å². The Morgan fingerprint density at radius 3 is 2.85 bits per heavy atom. The Morgan fingerprint density at radius 1 is 1.33 bits per heavy atom. The van der Waals surface area contributed by atoms with Gasteiger partial charge in [-0.2, -0.15) is 0 Å². The number of allylic oxidation sites excluding steroid dienone is 6. The molecule has 0 spiro atoms. The molecular weight excluding hydrogens is 340 g/mol. The highest BCUT2D eigenvalue weighted by atomic mass is 16.5. The van der Waals surface area contributed by atoms with Crippen molar-refractivity contribution in [1.82, 2.24) is 0 Å². The first-order valence-corrected chi connectivity index (χ1v) is 9.13. The number of carbonyl (C=O) groups excluding carboxylic acids is 2. The molecule has 0 bridgehead atoms. The summed E-state index contributed by atoms with van der Waals surface area (Å²) in [5, 5.41) is 9.82. The second-order valence-electron chi connectivity index (χ2n) is 7.75. The fourth-order valence-corrected chi connectivity index (χ4v) is 4.86. The van der Waals surface area contributed by atoms with Crippen LogP contribution in [0.25, 0.3) is 0 Å². The Hall–Kier alpha value is -2.88. The van der Waals surface area contributed by atoms with Gasteiger partial charge in [-0.1, -0.05) is 25.7 Å². The predicted molar refractivity (Wildman–Crippen MR) is 102 cm³/mol. The van der Waals surface area contributed by atoms with E-state index in [-0.39, 0.29) is 29.2 Å². The van der Waals surface area contributed by atoms with Crippen LogP contribution in [0.3, 0.4) is 0 Å². The fourth-order valence-electron chi connectivity index (χ4n) is 4.86. The first-order valence-electron chi connectivity index (χ1n) is 9.13. The number of hydrogen-bond acceptors (Lipinski definition) is 4. The van der Waals surface area contributed by atoms with Crippen molar-refractivity contribution < 1.29 is 19.4 Å². The van der Waals surface area contributed by atoms with Gasteiger partial charge in [0.2, 0.25) is 0 Å². The summed E-state index contributed by atoms with van der Waals surface area (Å²) in [6, 6.07) is 5.00. The Kier molecular flexibility index (Phi) is 3.95.